The summed E-state index contributed by atoms with van der Waals surface area (Å²) in [6, 6.07) is 0. The highest BCUT2D eigenvalue weighted by molar-refractivity contribution is 4.91. The lowest BCUT2D eigenvalue weighted by Gasteiger charge is -2.43. The van der Waals surface area contributed by atoms with Crippen molar-refractivity contribution in [3.8, 4) is 0 Å². The number of ether oxygens (including phenoxy) is 3. The van der Waals surface area contributed by atoms with Crippen LogP contribution in [-0.2, 0) is 14.2 Å². The maximum Gasteiger partial charge on any atom is 0.187 e. The van der Waals surface area contributed by atoms with E-state index in [4.69, 9.17) is 19.3 Å². The highest BCUT2D eigenvalue weighted by Crippen LogP contribution is 2.25. The lowest BCUT2D eigenvalue weighted by atomic mass is 9.99. The Balaban J connectivity index is 2.01. The van der Waals surface area contributed by atoms with E-state index in [1.54, 1.807) is 0 Å². The predicted octanol–water partition coefficient (Wildman–Crippen LogP) is -4.76. The van der Waals surface area contributed by atoms with Crippen LogP contribution in [0.25, 0.3) is 0 Å². The average Bonchev–Trinajstić information content (AvgIpc) is 2.48. The molecule has 2 aliphatic rings. The van der Waals surface area contributed by atoms with Crippen molar-refractivity contribution in [1.29, 1.82) is 0 Å². The van der Waals surface area contributed by atoms with Crippen LogP contribution in [0, 0.1) is 0 Å². The fourth-order valence-electron chi connectivity index (χ4n) is 2.25. The third-order valence-corrected chi connectivity index (χ3v) is 3.61. The van der Waals surface area contributed by atoms with Crippen molar-refractivity contribution in [3.63, 3.8) is 0 Å². The molecular formula is C11H20O10. The van der Waals surface area contributed by atoms with E-state index in [0.717, 1.165) is 0 Å². The first-order valence-corrected chi connectivity index (χ1v) is 6.48. The molecule has 2 saturated heterocycles. The summed E-state index contributed by atoms with van der Waals surface area (Å²) >= 11 is 0. The van der Waals surface area contributed by atoms with Crippen molar-refractivity contribution in [2.75, 3.05) is 13.2 Å². The molecule has 2 aliphatic heterocycles. The molecule has 0 spiro atoms. The van der Waals surface area contributed by atoms with Crippen molar-refractivity contribution in [3.05, 3.63) is 0 Å². The van der Waals surface area contributed by atoms with E-state index >= 15 is 0 Å². The second kappa shape index (κ2) is 6.79. The first-order valence-electron chi connectivity index (χ1n) is 6.48. The van der Waals surface area contributed by atoms with E-state index in [2.05, 4.69) is 0 Å². The standard InChI is InChI=1S/C11H20O10/c12-1-3-5(13)7(15)9(17)11(20-3)21-4-2-19-10(18)8(16)6(4)14/h3-18H,1-2H2/t3?,4-,5+,6+,7+,8?,9?,10?,11+/m1/s1. The first kappa shape index (κ1) is 17.0. The molecule has 0 saturated carbocycles. The Kier molecular flexibility index (Phi) is 5.48. The molecule has 0 radical (unpaired) electrons. The largest absolute Gasteiger partial charge is 0.394 e. The molecule has 10 heteroatoms. The number of aliphatic hydroxyl groups excluding tert-OH is 7. The van der Waals surface area contributed by atoms with Gasteiger partial charge in [0.25, 0.3) is 0 Å². The Labute approximate surface area is 119 Å². The molecule has 2 rings (SSSR count). The molecule has 0 aromatic carbocycles. The van der Waals surface area contributed by atoms with Crippen molar-refractivity contribution in [2.45, 2.75) is 55.3 Å². The van der Waals surface area contributed by atoms with Crippen LogP contribution in [0.1, 0.15) is 0 Å². The molecule has 0 bridgehead atoms. The second-order valence-electron chi connectivity index (χ2n) is 5.08. The number of hydrogen-bond donors (Lipinski definition) is 7. The molecule has 2 heterocycles. The van der Waals surface area contributed by atoms with Crippen molar-refractivity contribution in [2.24, 2.45) is 0 Å². The van der Waals surface area contributed by atoms with Gasteiger partial charge in [-0.3, -0.25) is 0 Å². The van der Waals surface area contributed by atoms with Gasteiger partial charge in [0.2, 0.25) is 0 Å². The van der Waals surface area contributed by atoms with Gasteiger partial charge in [-0.2, -0.15) is 0 Å². The molecule has 2 fully saturated rings. The van der Waals surface area contributed by atoms with Crippen LogP contribution >= 0.6 is 0 Å². The van der Waals surface area contributed by atoms with Gasteiger partial charge in [-0.15, -0.1) is 0 Å². The fraction of sp³-hybridized carbons (Fsp3) is 1.00. The normalized spacial score (nSPS) is 51.9. The van der Waals surface area contributed by atoms with Crippen LogP contribution in [-0.4, -0.2) is 104 Å². The molecule has 7 N–H and O–H groups in total. The van der Waals surface area contributed by atoms with E-state index < -0.39 is 61.9 Å². The van der Waals surface area contributed by atoms with E-state index in [0.29, 0.717) is 0 Å². The first-order chi connectivity index (χ1) is 9.86. The summed E-state index contributed by atoms with van der Waals surface area (Å²) in [5.41, 5.74) is 0. The van der Waals surface area contributed by atoms with Gasteiger partial charge in [0, 0.05) is 0 Å². The average molecular weight is 312 g/mol. The summed E-state index contributed by atoms with van der Waals surface area (Å²) in [5, 5.41) is 66.5. The van der Waals surface area contributed by atoms with Gasteiger partial charge in [-0.1, -0.05) is 0 Å². The SMILES string of the molecule is OCC1O[C@@H](O[C@@H]2COC(O)C(O)[C@H]2O)C(O)[C@@H](O)[C@H]1O. The number of hydrogen-bond acceptors (Lipinski definition) is 10. The van der Waals surface area contributed by atoms with Crippen molar-refractivity contribution >= 4 is 0 Å². The monoisotopic (exact) mass is 312 g/mol. The summed E-state index contributed by atoms with van der Waals surface area (Å²) in [6.07, 6.45) is -13.2. The molecule has 0 aromatic rings. The van der Waals surface area contributed by atoms with Crippen molar-refractivity contribution in [1.82, 2.24) is 0 Å². The van der Waals surface area contributed by atoms with Crippen LogP contribution in [0.3, 0.4) is 0 Å². The molecule has 10 nitrogen and oxygen atoms in total. The zero-order valence-electron chi connectivity index (χ0n) is 11.0. The summed E-state index contributed by atoms with van der Waals surface area (Å²) in [5.74, 6) is 0. The van der Waals surface area contributed by atoms with Crippen LogP contribution in [0.2, 0.25) is 0 Å². The summed E-state index contributed by atoms with van der Waals surface area (Å²) in [4.78, 5) is 0. The Hall–Kier alpha value is -0.400. The molecule has 9 atom stereocenters. The minimum absolute atomic E-state index is 0.283. The van der Waals surface area contributed by atoms with Gasteiger partial charge in [0.15, 0.2) is 12.6 Å². The molecular weight excluding hydrogens is 292 g/mol. The lowest BCUT2D eigenvalue weighted by molar-refractivity contribution is -0.340. The van der Waals surface area contributed by atoms with E-state index in [1.807, 2.05) is 0 Å². The molecule has 0 aliphatic carbocycles. The van der Waals surface area contributed by atoms with Crippen LogP contribution in [0.15, 0.2) is 0 Å². The van der Waals surface area contributed by atoms with Gasteiger partial charge in [0.05, 0.1) is 13.2 Å². The lowest BCUT2D eigenvalue weighted by Crippen LogP contribution is -2.62. The Morgan fingerprint density at radius 1 is 0.857 bits per heavy atom. The second-order valence-corrected chi connectivity index (χ2v) is 5.08. The maximum atomic E-state index is 9.78. The van der Waals surface area contributed by atoms with Crippen LogP contribution in [0.5, 0.6) is 0 Å². The summed E-state index contributed by atoms with van der Waals surface area (Å²) in [6.45, 7) is -0.899. The predicted molar refractivity (Wildman–Crippen MR) is 62.6 cm³/mol. The van der Waals surface area contributed by atoms with E-state index in [9.17, 15) is 30.6 Å². The minimum atomic E-state index is -1.63. The quantitative estimate of drug-likeness (QED) is 0.268. The smallest absolute Gasteiger partial charge is 0.187 e. The van der Waals surface area contributed by atoms with Crippen molar-refractivity contribution < 1.29 is 50.0 Å². The molecule has 0 aromatic heterocycles. The van der Waals surface area contributed by atoms with Gasteiger partial charge in [-0.25, -0.2) is 0 Å². The zero-order chi connectivity index (χ0) is 15.7. The minimum Gasteiger partial charge on any atom is -0.394 e. The highest BCUT2D eigenvalue weighted by Gasteiger charge is 2.47. The third kappa shape index (κ3) is 3.35. The number of aliphatic hydroxyl groups is 7. The van der Waals surface area contributed by atoms with Gasteiger partial charge < -0.3 is 50.0 Å². The van der Waals surface area contributed by atoms with Gasteiger partial charge in [0.1, 0.15) is 42.7 Å². The third-order valence-electron chi connectivity index (χ3n) is 3.61. The maximum absolute atomic E-state index is 9.78. The molecule has 0 amide bonds. The highest BCUT2D eigenvalue weighted by atomic mass is 16.7. The van der Waals surface area contributed by atoms with Gasteiger partial charge >= 0.3 is 0 Å². The Morgan fingerprint density at radius 2 is 1.52 bits per heavy atom. The molecule has 124 valence electrons. The van der Waals surface area contributed by atoms with Gasteiger partial charge in [-0.05, 0) is 0 Å². The topological polar surface area (TPSA) is 169 Å². The zero-order valence-corrected chi connectivity index (χ0v) is 11.0. The molecule has 21 heavy (non-hydrogen) atoms. The fourth-order valence-corrected chi connectivity index (χ4v) is 2.25. The van der Waals surface area contributed by atoms with E-state index in [-0.39, 0.29) is 6.61 Å². The summed E-state index contributed by atoms with van der Waals surface area (Å²) in [7, 11) is 0. The van der Waals surface area contributed by atoms with E-state index in [1.165, 1.54) is 0 Å². The molecule has 4 unspecified atom stereocenters. The van der Waals surface area contributed by atoms with Crippen LogP contribution < -0.4 is 0 Å². The van der Waals surface area contributed by atoms with Crippen LogP contribution in [0.4, 0.5) is 0 Å². The number of rotatable bonds is 3. The Morgan fingerprint density at radius 3 is 2.14 bits per heavy atom. The Bertz CT molecular complexity index is 339. The summed E-state index contributed by atoms with van der Waals surface area (Å²) < 4.78 is 15.1.